The van der Waals surface area contributed by atoms with Gasteiger partial charge in [0, 0.05) is 0 Å². The first-order valence-electron chi connectivity index (χ1n) is 3.15. The Morgan fingerprint density at radius 2 is 2.45 bits per heavy atom. The minimum absolute atomic E-state index is 0.193. The fourth-order valence-electron chi connectivity index (χ4n) is 0.676. The van der Waals surface area contributed by atoms with Gasteiger partial charge in [0.05, 0.1) is 16.8 Å². The third-order valence-electron chi connectivity index (χ3n) is 1.25. The van der Waals surface area contributed by atoms with Crippen molar-refractivity contribution in [1.29, 1.82) is 0 Å². The van der Waals surface area contributed by atoms with Gasteiger partial charge < -0.3 is 10.2 Å². The van der Waals surface area contributed by atoms with Crippen LogP contribution in [0.5, 0.6) is 0 Å². The predicted octanol–water partition coefficient (Wildman–Crippen LogP) is 1.57. The highest BCUT2D eigenvalue weighted by molar-refractivity contribution is 9.10. The molecule has 3 nitrogen and oxygen atoms in total. The summed E-state index contributed by atoms with van der Waals surface area (Å²) in [6.07, 6.45) is 1.44. The summed E-state index contributed by atoms with van der Waals surface area (Å²) in [4.78, 5) is 11.2. The molecule has 1 heterocycles. The Balaban J connectivity index is 2.93. The molecule has 0 aliphatic carbocycles. The lowest BCUT2D eigenvalue weighted by molar-refractivity contribution is 0.0940. The first kappa shape index (κ1) is 8.49. The van der Waals surface area contributed by atoms with Gasteiger partial charge in [-0.3, -0.25) is 4.79 Å². The number of halogens is 1. The van der Waals surface area contributed by atoms with Crippen molar-refractivity contribution in [1.82, 2.24) is 0 Å². The Labute approximate surface area is 72.7 Å². The van der Waals surface area contributed by atoms with Crippen LogP contribution in [-0.4, -0.2) is 11.8 Å². The van der Waals surface area contributed by atoms with E-state index in [9.17, 15) is 4.79 Å². The Bertz CT molecular complexity index is 267. The molecule has 0 aromatic carbocycles. The molecule has 1 aromatic rings. The summed E-state index contributed by atoms with van der Waals surface area (Å²) >= 11 is 3.17. The van der Waals surface area contributed by atoms with Crippen LogP contribution < -0.4 is 5.73 Å². The van der Waals surface area contributed by atoms with Crippen LogP contribution in [0.15, 0.2) is 21.2 Å². The molecule has 0 aliphatic heterocycles. The van der Waals surface area contributed by atoms with Crippen molar-refractivity contribution in [2.75, 3.05) is 0 Å². The monoisotopic (exact) mass is 217 g/mol. The fourth-order valence-corrected chi connectivity index (χ4v) is 1.07. The zero-order valence-electron chi connectivity index (χ0n) is 6.00. The normalized spacial score (nSPS) is 13.0. The van der Waals surface area contributed by atoms with Crippen molar-refractivity contribution in [2.24, 2.45) is 5.73 Å². The van der Waals surface area contributed by atoms with E-state index in [0.717, 1.165) is 0 Å². The zero-order valence-corrected chi connectivity index (χ0v) is 7.59. The molecule has 1 atom stereocenters. The number of rotatable bonds is 2. The average molecular weight is 218 g/mol. The summed E-state index contributed by atoms with van der Waals surface area (Å²) in [6, 6.07) is 1.15. The second-order valence-corrected chi connectivity index (χ2v) is 3.10. The van der Waals surface area contributed by atoms with Crippen LogP contribution >= 0.6 is 15.9 Å². The maximum Gasteiger partial charge on any atom is 0.215 e. The smallest absolute Gasteiger partial charge is 0.215 e. The molecule has 0 saturated carbocycles. The van der Waals surface area contributed by atoms with Gasteiger partial charge in [-0.05, 0) is 28.9 Å². The Hall–Kier alpha value is -0.610. The van der Waals surface area contributed by atoms with Gasteiger partial charge in [-0.25, -0.2) is 0 Å². The molecule has 0 amide bonds. The van der Waals surface area contributed by atoms with Crippen LogP contribution in [0.1, 0.15) is 17.5 Å². The van der Waals surface area contributed by atoms with E-state index in [0.29, 0.717) is 10.2 Å². The van der Waals surface area contributed by atoms with Gasteiger partial charge in [-0.2, -0.15) is 0 Å². The maximum atomic E-state index is 11.2. The molecule has 11 heavy (non-hydrogen) atoms. The number of nitrogens with two attached hydrogens (primary N) is 1. The van der Waals surface area contributed by atoms with Crippen LogP contribution in [-0.2, 0) is 0 Å². The van der Waals surface area contributed by atoms with Crippen LogP contribution in [0.25, 0.3) is 0 Å². The number of carbonyl (C=O) groups excluding carboxylic acids is 1. The lowest BCUT2D eigenvalue weighted by Gasteiger charge is -1.99. The number of carbonyl (C=O) groups is 1. The highest BCUT2D eigenvalue weighted by Gasteiger charge is 2.16. The lowest BCUT2D eigenvalue weighted by atomic mass is 10.2. The first-order chi connectivity index (χ1) is 5.13. The van der Waals surface area contributed by atoms with Gasteiger partial charge in [0.25, 0.3) is 0 Å². The van der Waals surface area contributed by atoms with E-state index in [1.54, 1.807) is 13.0 Å². The van der Waals surface area contributed by atoms with E-state index in [1.807, 2.05) is 0 Å². The van der Waals surface area contributed by atoms with Crippen molar-refractivity contribution in [2.45, 2.75) is 13.0 Å². The molecule has 0 bridgehead atoms. The number of ketones is 1. The van der Waals surface area contributed by atoms with Crippen molar-refractivity contribution in [3.8, 4) is 0 Å². The molecule has 1 rings (SSSR count). The van der Waals surface area contributed by atoms with Crippen LogP contribution in [0.2, 0.25) is 0 Å². The zero-order chi connectivity index (χ0) is 8.43. The maximum absolute atomic E-state index is 11.2. The molecule has 2 N–H and O–H groups in total. The molecule has 0 aliphatic rings. The first-order valence-corrected chi connectivity index (χ1v) is 3.95. The summed E-state index contributed by atoms with van der Waals surface area (Å²) in [6.45, 7) is 1.62. The fraction of sp³-hybridized carbons (Fsp3) is 0.286. The molecule has 0 spiro atoms. The molecule has 1 unspecified atom stereocenters. The van der Waals surface area contributed by atoms with E-state index in [1.165, 1.54) is 6.26 Å². The second-order valence-electron chi connectivity index (χ2n) is 2.25. The summed E-state index contributed by atoms with van der Waals surface area (Å²) in [5.41, 5.74) is 5.37. The molecule has 0 radical (unpaired) electrons. The molecule has 0 fully saturated rings. The van der Waals surface area contributed by atoms with Gasteiger partial charge in [0.1, 0.15) is 0 Å². The predicted molar refractivity (Wildman–Crippen MR) is 44.4 cm³/mol. The van der Waals surface area contributed by atoms with Gasteiger partial charge in [-0.1, -0.05) is 0 Å². The van der Waals surface area contributed by atoms with Crippen molar-refractivity contribution in [3.63, 3.8) is 0 Å². The number of furan rings is 1. The average Bonchev–Trinajstić information content (AvgIpc) is 2.33. The van der Waals surface area contributed by atoms with Crippen LogP contribution in [0.3, 0.4) is 0 Å². The standard InChI is InChI=1S/C7H8BrNO2/c1-4(9)6(10)7-5(8)2-3-11-7/h2-4H,9H2,1H3. The van der Waals surface area contributed by atoms with E-state index < -0.39 is 6.04 Å². The Morgan fingerprint density at radius 3 is 2.82 bits per heavy atom. The van der Waals surface area contributed by atoms with E-state index >= 15 is 0 Å². The molecule has 60 valence electrons. The van der Waals surface area contributed by atoms with E-state index in [-0.39, 0.29) is 5.78 Å². The van der Waals surface area contributed by atoms with Crippen molar-refractivity contribution in [3.05, 3.63) is 22.6 Å². The minimum atomic E-state index is -0.516. The molecule has 0 saturated heterocycles. The molecule has 4 heteroatoms. The quantitative estimate of drug-likeness (QED) is 0.766. The summed E-state index contributed by atoms with van der Waals surface area (Å²) in [7, 11) is 0. The Morgan fingerprint density at radius 1 is 1.82 bits per heavy atom. The van der Waals surface area contributed by atoms with E-state index in [4.69, 9.17) is 10.2 Å². The summed E-state index contributed by atoms with van der Waals surface area (Å²) < 4.78 is 5.56. The largest absolute Gasteiger partial charge is 0.460 e. The Kier molecular flexibility index (Phi) is 2.46. The van der Waals surface area contributed by atoms with Crippen molar-refractivity contribution < 1.29 is 9.21 Å². The number of hydrogen-bond acceptors (Lipinski definition) is 3. The van der Waals surface area contributed by atoms with Gasteiger partial charge in [0.15, 0.2) is 5.76 Å². The summed E-state index contributed by atoms with van der Waals surface area (Å²) in [5.74, 6) is 0.0990. The van der Waals surface area contributed by atoms with Gasteiger partial charge in [-0.15, -0.1) is 0 Å². The van der Waals surface area contributed by atoms with Crippen molar-refractivity contribution >= 4 is 21.7 Å². The van der Waals surface area contributed by atoms with Crippen LogP contribution in [0, 0.1) is 0 Å². The third kappa shape index (κ3) is 1.70. The minimum Gasteiger partial charge on any atom is -0.460 e. The van der Waals surface area contributed by atoms with Gasteiger partial charge in [0.2, 0.25) is 5.78 Å². The third-order valence-corrected chi connectivity index (χ3v) is 1.88. The SMILES string of the molecule is CC(N)C(=O)c1occc1Br. The molecular formula is C7H8BrNO2. The number of Topliss-reactive ketones (excluding diaryl/α,β-unsaturated/α-hetero) is 1. The van der Waals surface area contributed by atoms with Gasteiger partial charge >= 0.3 is 0 Å². The second kappa shape index (κ2) is 3.19. The molecular weight excluding hydrogens is 210 g/mol. The molecule has 1 aromatic heterocycles. The number of hydrogen-bond donors (Lipinski definition) is 1. The highest BCUT2D eigenvalue weighted by atomic mass is 79.9. The lowest BCUT2D eigenvalue weighted by Crippen LogP contribution is -2.26. The van der Waals surface area contributed by atoms with Crippen LogP contribution in [0.4, 0.5) is 0 Å². The van der Waals surface area contributed by atoms with E-state index in [2.05, 4.69) is 15.9 Å². The topological polar surface area (TPSA) is 56.2 Å². The summed E-state index contributed by atoms with van der Waals surface area (Å²) in [5, 5.41) is 0. The highest BCUT2D eigenvalue weighted by Crippen LogP contribution is 2.18.